The molecule has 1 aromatic carbocycles. The number of fused-ring (bicyclic) bond motifs is 3. The van der Waals surface area contributed by atoms with Gasteiger partial charge in [-0.2, -0.15) is 0 Å². The van der Waals surface area contributed by atoms with E-state index >= 15 is 0 Å². The molecule has 0 saturated carbocycles. The Morgan fingerprint density at radius 2 is 2.21 bits per heavy atom. The van der Waals surface area contributed by atoms with Gasteiger partial charge in [0.2, 0.25) is 5.91 Å². The number of nitrogens with one attached hydrogen (secondary N) is 1. The van der Waals surface area contributed by atoms with Gasteiger partial charge in [0.05, 0.1) is 23.9 Å². The number of hydrogen-bond donors (Lipinski definition) is 1. The van der Waals surface area contributed by atoms with E-state index in [4.69, 9.17) is 21.3 Å². The van der Waals surface area contributed by atoms with Crippen LogP contribution in [0.3, 0.4) is 0 Å². The number of carbonyl (C=O) groups is 1. The van der Waals surface area contributed by atoms with Crippen LogP contribution in [0.25, 0.3) is 15.9 Å². The Morgan fingerprint density at radius 1 is 1.42 bits per heavy atom. The largest absolute Gasteiger partial charge is 0.495 e. The maximum atomic E-state index is 13.9. The molecular formula is C24H28ClN3O3S2. The molecule has 1 N–H and O–H groups in total. The third kappa shape index (κ3) is 5.08. The number of ether oxygens (including phenoxy) is 1. The highest BCUT2D eigenvalue weighted by molar-refractivity contribution is 7.99. The van der Waals surface area contributed by atoms with Crippen molar-refractivity contribution < 1.29 is 9.53 Å². The molecule has 0 fully saturated rings. The van der Waals surface area contributed by atoms with Crippen LogP contribution in [0, 0.1) is 11.8 Å². The van der Waals surface area contributed by atoms with Crippen LogP contribution in [0.4, 0.5) is 0 Å². The number of nitrogens with zero attached hydrogens (tertiary/aromatic N) is 2. The number of thiophene rings is 1. The molecule has 2 aromatic heterocycles. The summed E-state index contributed by atoms with van der Waals surface area (Å²) in [7, 11) is 1.56. The van der Waals surface area contributed by atoms with E-state index in [1.807, 2.05) is 13.8 Å². The first-order chi connectivity index (χ1) is 15.8. The van der Waals surface area contributed by atoms with Crippen molar-refractivity contribution in [2.75, 3.05) is 19.4 Å². The fourth-order valence-corrected chi connectivity index (χ4v) is 6.44. The Labute approximate surface area is 206 Å². The van der Waals surface area contributed by atoms with Gasteiger partial charge in [0, 0.05) is 16.4 Å². The van der Waals surface area contributed by atoms with Crippen molar-refractivity contribution in [3.8, 4) is 11.4 Å². The molecule has 1 atom stereocenters. The van der Waals surface area contributed by atoms with Crippen LogP contribution in [0.1, 0.15) is 37.6 Å². The molecule has 176 valence electrons. The van der Waals surface area contributed by atoms with Crippen molar-refractivity contribution in [1.82, 2.24) is 14.9 Å². The maximum absolute atomic E-state index is 13.9. The lowest BCUT2D eigenvalue weighted by Gasteiger charge is -2.18. The quantitative estimate of drug-likeness (QED) is 0.357. The number of rotatable bonds is 7. The lowest BCUT2D eigenvalue weighted by molar-refractivity contribution is -0.118. The summed E-state index contributed by atoms with van der Waals surface area (Å²) < 4.78 is 7.10. The number of carbonyl (C=O) groups excluding carboxylic acids is 1. The Bertz CT molecular complexity index is 1250. The first kappa shape index (κ1) is 24.1. The van der Waals surface area contributed by atoms with E-state index in [2.05, 4.69) is 12.2 Å². The summed E-state index contributed by atoms with van der Waals surface area (Å²) in [6, 6.07) is 5.17. The summed E-state index contributed by atoms with van der Waals surface area (Å²) in [5.74, 6) is 1.55. The van der Waals surface area contributed by atoms with E-state index < -0.39 is 0 Å². The average molecular weight is 506 g/mol. The zero-order valence-electron chi connectivity index (χ0n) is 19.2. The minimum Gasteiger partial charge on any atom is -0.495 e. The Kier molecular flexibility index (Phi) is 7.36. The molecule has 33 heavy (non-hydrogen) atoms. The van der Waals surface area contributed by atoms with Gasteiger partial charge < -0.3 is 10.1 Å². The normalized spacial score (nSPS) is 15.6. The minimum absolute atomic E-state index is 0.0908. The Morgan fingerprint density at radius 3 is 2.94 bits per heavy atom. The Balaban J connectivity index is 1.85. The molecule has 4 rings (SSSR count). The Hall–Kier alpha value is -2.03. The zero-order chi connectivity index (χ0) is 23.7. The number of thioether (sulfide) groups is 1. The van der Waals surface area contributed by atoms with E-state index in [1.54, 1.807) is 41.2 Å². The van der Waals surface area contributed by atoms with Gasteiger partial charge in [0.25, 0.3) is 5.56 Å². The first-order valence-electron chi connectivity index (χ1n) is 11.1. The van der Waals surface area contributed by atoms with E-state index in [-0.39, 0.29) is 17.2 Å². The minimum atomic E-state index is -0.141. The summed E-state index contributed by atoms with van der Waals surface area (Å²) in [4.78, 5) is 33.2. The molecule has 0 bridgehead atoms. The third-order valence-electron chi connectivity index (χ3n) is 5.72. The van der Waals surface area contributed by atoms with Crippen molar-refractivity contribution in [2.45, 2.75) is 45.2 Å². The predicted molar refractivity (Wildman–Crippen MR) is 137 cm³/mol. The molecule has 0 radical (unpaired) electrons. The standard InChI is InChI=1S/C24H28ClN3O3S2/c1-13(2)11-26-20(29)12-32-24-27-22-21(16-7-5-14(3)9-19(16)33-22)23(30)28(24)17-10-15(25)6-8-18(17)31-4/h6,8,10,13-14H,5,7,9,11-12H2,1-4H3,(H,26,29). The van der Waals surface area contributed by atoms with Crippen LogP contribution >= 0.6 is 34.7 Å². The molecule has 2 heterocycles. The van der Waals surface area contributed by atoms with Crippen LogP contribution in [-0.4, -0.2) is 34.9 Å². The third-order valence-corrected chi connectivity index (χ3v) is 8.04. The molecule has 3 aromatic rings. The molecule has 6 nitrogen and oxygen atoms in total. The molecular weight excluding hydrogens is 478 g/mol. The van der Waals surface area contributed by atoms with E-state index in [9.17, 15) is 9.59 Å². The van der Waals surface area contributed by atoms with E-state index in [0.717, 1.165) is 29.7 Å². The summed E-state index contributed by atoms with van der Waals surface area (Å²) in [5.41, 5.74) is 1.50. The van der Waals surface area contributed by atoms with Crippen molar-refractivity contribution in [1.29, 1.82) is 0 Å². The SMILES string of the molecule is COc1ccc(Cl)cc1-n1c(SCC(=O)NCC(C)C)nc2sc3c(c2c1=O)CCC(C)C3. The van der Waals surface area contributed by atoms with Gasteiger partial charge in [-0.25, -0.2) is 4.98 Å². The molecule has 0 saturated heterocycles. The molecule has 0 spiro atoms. The summed E-state index contributed by atoms with van der Waals surface area (Å²) in [6.07, 6.45) is 2.91. The van der Waals surface area contributed by atoms with Crippen LogP contribution in [0.5, 0.6) is 5.75 Å². The molecule has 1 aliphatic carbocycles. The summed E-state index contributed by atoms with van der Waals surface area (Å²) in [6.45, 7) is 6.94. The number of halogens is 1. The van der Waals surface area contributed by atoms with Crippen molar-refractivity contribution >= 4 is 50.8 Å². The van der Waals surface area contributed by atoms with E-state index in [1.165, 1.54) is 16.6 Å². The van der Waals surface area contributed by atoms with Crippen molar-refractivity contribution in [3.05, 3.63) is 44.0 Å². The number of aromatic nitrogens is 2. The first-order valence-corrected chi connectivity index (χ1v) is 13.3. The summed E-state index contributed by atoms with van der Waals surface area (Å²) >= 11 is 9.15. The second kappa shape index (κ2) is 10.1. The highest BCUT2D eigenvalue weighted by Crippen LogP contribution is 2.38. The highest BCUT2D eigenvalue weighted by Gasteiger charge is 2.26. The monoisotopic (exact) mass is 505 g/mol. The van der Waals surface area contributed by atoms with Crippen LogP contribution in [0.15, 0.2) is 28.2 Å². The van der Waals surface area contributed by atoms with Gasteiger partial charge in [-0.15, -0.1) is 11.3 Å². The molecule has 9 heteroatoms. The van der Waals surface area contributed by atoms with Gasteiger partial charge in [-0.1, -0.05) is 44.1 Å². The van der Waals surface area contributed by atoms with Crippen LogP contribution in [0.2, 0.25) is 5.02 Å². The molecule has 1 unspecified atom stereocenters. The number of methoxy groups -OCH3 is 1. The van der Waals surface area contributed by atoms with Crippen LogP contribution < -0.4 is 15.6 Å². The number of aryl methyl sites for hydroxylation is 1. The maximum Gasteiger partial charge on any atom is 0.267 e. The fraction of sp³-hybridized carbons (Fsp3) is 0.458. The number of benzene rings is 1. The number of hydrogen-bond acceptors (Lipinski definition) is 6. The predicted octanol–water partition coefficient (Wildman–Crippen LogP) is 5.10. The van der Waals surface area contributed by atoms with Crippen molar-refractivity contribution in [2.24, 2.45) is 11.8 Å². The smallest absolute Gasteiger partial charge is 0.267 e. The van der Waals surface area contributed by atoms with Gasteiger partial charge in [-0.3, -0.25) is 14.2 Å². The molecule has 1 aliphatic rings. The van der Waals surface area contributed by atoms with E-state index in [0.29, 0.717) is 45.4 Å². The fourth-order valence-electron chi connectivity index (χ4n) is 4.02. The molecule has 1 amide bonds. The van der Waals surface area contributed by atoms with Crippen LogP contribution in [-0.2, 0) is 17.6 Å². The lowest BCUT2D eigenvalue weighted by Crippen LogP contribution is -2.29. The van der Waals surface area contributed by atoms with Crippen molar-refractivity contribution in [3.63, 3.8) is 0 Å². The molecule has 0 aliphatic heterocycles. The summed E-state index contributed by atoms with van der Waals surface area (Å²) in [5, 5.41) is 4.55. The van der Waals surface area contributed by atoms with Gasteiger partial charge >= 0.3 is 0 Å². The highest BCUT2D eigenvalue weighted by atomic mass is 35.5. The number of amides is 1. The lowest BCUT2D eigenvalue weighted by atomic mass is 9.89. The van der Waals surface area contributed by atoms with Gasteiger partial charge in [-0.05, 0) is 54.9 Å². The van der Waals surface area contributed by atoms with Gasteiger partial charge in [0.1, 0.15) is 10.6 Å². The average Bonchev–Trinajstić information content (AvgIpc) is 3.13. The second-order valence-electron chi connectivity index (χ2n) is 8.87. The zero-order valence-corrected chi connectivity index (χ0v) is 21.6. The second-order valence-corrected chi connectivity index (χ2v) is 11.3. The van der Waals surface area contributed by atoms with Gasteiger partial charge in [0.15, 0.2) is 5.16 Å². The topological polar surface area (TPSA) is 73.2 Å².